The number of methoxy groups -OCH3 is 1. The molecule has 0 saturated carbocycles. The molecule has 0 aliphatic carbocycles. The van der Waals surface area contributed by atoms with Crippen LogP contribution in [0.25, 0.3) is 0 Å². The number of rotatable bonds is 11. The Morgan fingerprint density at radius 3 is 2.54 bits per heavy atom. The Kier molecular flexibility index (Phi) is 10.5. The number of ether oxygens (including phenoxy) is 1. The SMILES string of the molecule is COc1ccc(CN2CCNC([C@@H](O)[C@H](Cc3ccccc3)NC(=O)c3cccc(C(=O)N4CCCC4c4nc(C)cs4)c3)C2=O)cc1. The molecule has 2 unspecified atom stereocenters. The van der Waals surface area contributed by atoms with E-state index in [9.17, 15) is 19.5 Å². The van der Waals surface area contributed by atoms with Crippen LogP contribution in [0.5, 0.6) is 5.75 Å². The van der Waals surface area contributed by atoms with Gasteiger partial charge >= 0.3 is 0 Å². The highest BCUT2D eigenvalue weighted by Gasteiger charge is 2.39. The molecule has 3 N–H and O–H groups in total. The summed E-state index contributed by atoms with van der Waals surface area (Å²) in [5.41, 5.74) is 3.51. The summed E-state index contributed by atoms with van der Waals surface area (Å²) < 4.78 is 5.25. The number of amides is 3. The van der Waals surface area contributed by atoms with Gasteiger partial charge in [-0.3, -0.25) is 14.4 Å². The highest BCUT2D eigenvalue weighted by molar-refractivity contribution is 7.09. The number of likely N-dealkylation sites (tertiary alicyclic amines) is 1. The maximum Gasteiger partial charge on any atom is 0.254 e. The van der Waals surface area contributed by atoms with Gasteiger partial charge in [-0.2, -0.15) is 0 Å². The number of hydrogen-bond donors (Lipinski definition) is 3. The molecule has 4 atom stereocenters. The van der Waals surface area contributed by atoms with E-state index >= 15 is 0 Å². The van der Waals surface area contributed by atoms with E-state index in [0.29, 0.717) is 43.7 Å². The smallest absolute Gasteiger partial charge is 0.254 e. The zero-order valence-electron chi connectivity index (χ0n) is 27.2. The minimum Gasteiger partial charge on any atom is -0.497 e. The molecule has 11 heteroatoms. The Labute approximate surface area is 284 Å². The Bertz CT molecular complexity index is 1730. The molecule has 3 aromatic carbocycles. The topological polar surface area (TPSA) is 124 Å². The van der Waals surface area contributed by atoms with Crippen molar-refractivity contribution in [3.8, 4) is 5.75 Å². The molecular weight excluding hydrogens is 627 g/mol. The van der Waals surface area contributed by atoms with Crippen molar-refractivity contribution in [2.45, 2.75) is 57.0 Å². The third kappa shape index (κ3) is 7.59. The van der Waals surface area contributed by atoms with Gasteiger partial charge in [0, 0.05) is 48.4 Å². The number of carbonyl (C=O) groups excluding carboxylic acids is 3. The Hall–Kier alpha value is -4.58. The highest BCUT2D eigenvalue weighted by atomic mass is 32.1. The molecule has 3 amide bonds. The van der Waals surface area contributed by atoms with E-state index in [4.69, 9.17) is 4.74 Å². The summed E-state index contributed by atoms with van der Waals surface area (Å²) >= 11 is 1.57. The van der Waals surface area contributed by atoms with Crippen molar-refractivity contribution < 1.29 is 24.2 Å². The largest absolute Gasteiger partial charge is 0.497 e. The van der Waals surface area contributed by atoms with Crippen LogP contribution in [0.1, 0.15) is 61.4 Å². The molecule has 0 bridgehead atoms. The number of aromatic nitrogens is 1. The lowest BCUT2D eigenvalue weighted by atomic mass is 9.94. The first-order valence-corrected chi connectivity index (χ1v) is 17.2. The highest BCUT2D eigenvalue weighted by Crippen LogP contribution is 2.35. The number of thiazole rings is 1. The van der Waals surface area contributed by atoms with Gasteiger partial charge < -0.3 is 30.3 Å². The van der Waals surface area contributed by atoms with Crippen LogP contribution in [-0.2, 0) is 17.8 Å². The van der Waals surface area contributed by atoms with Crippen molar-refractivity contribution in [1.82, 2.24) is 25.4 Å². The second-order valence-corrected chi connectivity index (χ2v) is 13.3. The second kappa shape index (κ2) is 15.1. The van der Waals surface area contributed by atoms with E-state index in [2.05, 4.69) is 15.6 Å². The zero-order chi connectivity index (χ0) is 33.6. The zero-order valence-corrected chi connectivity index (χ0v) is 28.0. The van der Waals surface area contributed by atoms with Gasteiger partial charge in [-0.05, 0) is 67.6 Å². The average Bonchev–Trinajstić information content (AvgIpc) is 3.78. The second-order valence-electron chi connectivity index (χ2n) is 12.4. The fourth-order valence-electron chi connectivity index (χ4n) is 6.48. The lowest BCUT2D eigenvalue weighted by Gasteiger charge is -2.38. The molecule has 48 heavy (non-hydrogen) atoms. The van der Waals surface area contributed by atoms with E-state index in [1.807, 2.05) is 71.8 Å². The molecule has 1 aromatic heterocycles. The summed E-state index contributed by atoms with van der Waals surface area (Å²) in [7, 11) is 1.61. The van der Waals surface area contributed by atoms with Crippen molar-refractivity contribution in [2.75, 3.05) is 26.7 Å². The molecule has 4 aromatic rings. The van der Waals surface area contributed by atoms with Crippen LogP contribution < -0.4 is 15.4 Å². The number of aliphatic hydroxyl groups is 1. The van der Waals surface area contributed by atoms with Gasteiger partial charge in [-0.1, -0.05) is 48.5 Å². The minimum absolute atomic E-state index is 0.0797. The number of hydrogen-bond acceptors (Lipinski definition) is 8. The van der Waals surface area contributed by atoms with Crippen LogP contribution in [0.2, 0.25) is 0 Å². The first kappa shape index (κ1) is 33.3. The molecule has 0 radical (unpaired) electrons. The number of carbonyl (C=O) groups is 3. The number of nitrogens with zero attached hydrogens (tertiary/aromatic N) is 3. The number of aliphatic hydroxyl groups excluding tert-OH is 1. The summed E-state index contributed by atoms with van der Waals surface area (Å²) in [6.07, 6.45) is 0.819. The van der Waals surface area contributed by atoms with Crippen molar-refractivity contribution in [2.24, 2.45) is 0 Å². The summed E-state index contributed by atoms with van der Waals surface area (Å²) in [6, 6.07) is 22.0. The van der Waals surface area contributed by atoms with Gasteiger partial charge in [0.15, 0.2) is 0 Å². The summed E-state index contributed by atoms with van der Waals surface area (Å²) in [5, 5.41) is 20.8. The Balaban J connectivity index is 1.18. The average molecular weight is 668 g/mol. The van der Waals surface area contributed by atoms with Crippen LogP contribution in [0.15, 0.2) is 84.2 Å². The number of aryl methyl sites for hydroxylation is 1. The summed E-state index contributed by atoms with van der Waals surface area (Å²) in [4.78, 5) is 49.4. The molecule has 3 heterocycles. The number of benzene rings is 3. The van der Waals surface area contributed by atoms with E-state index < -0.39 is 24.1 Å². The van der Waals surface area contributed by atoms with Crippen molar-refractivity contribution in [3.05, 3.63) is 117 Å². The van der Waals surface area contributed by atoms with E-state index in [-0.39, 0.29) is 17.9 Å². The van der Waals surface area contributed by atoms with Gasteiger partial charge in [0.2, 0.25) is 5.91 Å². The Morgan fingerprint density at radius 2 is 1.81 bits per heavy atom. The first-order valence-electron chi connectivity index (χ1n) is 16.3. The van der Waals surface area contributed by atoms with Crippen LogP contribution in [0.4, 0.5) is 0 Å². The monoisotopic (exact) mass is 667 g/mol. The third-order valence-electron chi connectivity index (χ3n) is 9.03. The lowest BCUT2D eigenvalue weighted by Crippen LogP contribution is -2.63. The van der Waals surface area contributed by atoms with Gasteiger partial charge in [0.25, 0.3) is 11.8 Å². The molecule has 0 spiro atoms. The van der Waals surface area contributed by atoms with Crippen molar-refractivity contribution in [1.29, 1.82) is 0 Å². The van der Waals surface area contributed by atoms with E-state index in [1.54, 1.807) is 47.6 Å². The van der Waals surface area contributed by atoms with E-state index in [1.165, 1.54) is 0 Å². The van der Waals surface area contributed by atoms with E-state index in [0.717, 1.165) is 40.4 Å². The molecule has 10 nitrogen and oxygen atoms in total. The Morgan fingerprint density at radius 1 is 1.04 bits per heavy atom. The van der Waals surface area contributed by atoms with Crippen molar-refractivity contribution >= 4 is 29.1 Å². The summed E-state index contributed by atoms with van der Waals surface area (Å²) in [6.45, 7) is 3.96. The van der Waals surface area contributed by atoms with Gasteiger partial charge in [-0.15, -0.1) is 11.3 Å². The van der Waals surface area contributed by atoms with Crippen LogP contribution in [0, 0.1) is 6.92 Å². The first-order chi connectivity index (χ1) is 23.3. The molecule has 250 valence electrons. The number of piperazine rings is 1. The van der Waals surface area contributed by atoms with Crippen LogP contribution in [0.3, 0.4) is 0 Å². The fourth-order valence-corrected chi connectivity index (χ4v) is 7.43. The fraction of sp³-hybridized carbons (Fsp3) is 0.351. The van der Waals surface area contributed by atoms with Gasteiger partial charge in [0.1, 0.15) is 16.8 Å². The predicted octanol–water partition coefficient (Wildman–Crippen LogP) is 4.14. The van der Waals surface area contributed by atoms with Crippen LogP contribution >= 0.6 is 11.3 Å². The molecule has 2 aliphatic heterocycles. The quantitative estimate of drug-likeness (QED) is 0.220. The molecule has 2 aliphatic rings. The van der Waals surface area contributed by atoms with Crippen LogP contribution in [-0.4, -0.2) is 82.5 Å². The van der Waals surface area contributed by atoms with Gasteiger partial charge in [0.05, 0.1) is 25.3 Å². The molecule has 6 rings (SSSR count). The van der Waals surface area contributed by atoms with Gasteiger partial charge in [-0.25, -0.2) is 4.98 Å². The lowest BCUT2D eigenvalue weighted by molar-refractivity contribution is -0.140. The summed E-state index contributed by atoms with van der Waals surface area (Å²) in [5.74, 6) is -0.0783. The maximum atomic E-state index is 13.8. The molecule has 2 saturated heterocycles. The maximum absolute atomic E-state index is 13.8. The molecular formula is C37H41N5O5S. The standard InChI is InChI=1S/C37H41N5O5S/c1-24-23-48-35(39-24)31-12-7-18-42(31)36(45)28-11-6-10-27(21-28)34(44)40-30(20-25-8-4-3-5-9-25)33(43)32-37(46)41(19-17-38-32)22-26-13-15-29(47-2)16-14-26/h3-6,8-11,13-16,21,23,30-33,38,43H,7,12,17-20,22H2,1-2H3,(H,40,44)/t30-,31?,32?,33-/m0/s1. The third-order valence-corrected chi connectivity index (χ3v) is 10.1. The number of nitrogens with one attached hydrogen (secondary N) is 2. The minimum atomic E-state index is -1.22. The normalized spacial score (nSPS) is 19.2. The predicted molar refractivity (Wildman–Crippen MR) is 184 cm³/mol. The molecule has 2 fully saturated rings. The van der Waals surface area contributed by atoms with Crippen molar-refractivity contribution in [3.63, 3.8) is 0 Å².